The lowest BCUT2D eigenvalue weighted by Crippen LogP contribution is -2.61. The number of rotatable bonds is 49. The van der Waals surface area contributed by atoms with Crippen LogP contribution in [-0.2, 0) is 33.2 Å². The van der Waals surface area contributed by atoms with Crippen LogP contribution >= 0.6 is 0 Å². The molecule has 2 aliphatic rings. The van der Waals surface area contributed by atoms with Gasteiger partial charge < -0.3 is 64.2 Å². The molecule has 0 aromatic heterocycles. The molecule has 14 nitrogen and oxygen atoms in total. The second-order valence-electron chi connectivity index (χ2n) is 21.1. The fourth-order valence-electron chi connectivity index (χ4n) is 9.04. The lowest BCUT2D eigenvalue weighted by atomic mass is 9.98. The number of carbonyl (C=O) groups is 1. The van der Waals surface area contributed by atoms with E-state index < -0.39 is 86.7 Å². The molecule has 0 saturated carbocycles. The van der Waals surface area contributed by atoms with Crippen LogP contribution in [-0.4, -0.2) is 142 Å². The first-order valence-corrected chi connectivity index (χ1v) is 31.1. The Bertz CT molecular complexity index is 1800. The number of ether oxygens (including phenoxy) is 6. The number of esters is 1. The van der Waals surface area contributed by atoms with Crippen molar-refractivity contribution in [2.75, 3.05) is 33.0 Å². The minimum atomic E-state index is -1.72. The molecule has 0 aromatic carbocycles. The van der Waals surface area contributed by atoms with Crippen molar-refractivity contribution >= 4 is 5.97 Å². The predicted octanol–water partition coefficient (Wildman–Crippen LogP) is 12.1. The fourth-order valence-corrected chi connectivity index (χ4v) is 9.04. The number of hydrogen-bond donors (Lipinski definition) is 7. The third-order valence-electron chi connectivity index (χ3n) is 14.0. The summed E-state index contributed by atoms with van der Waals surface area (Å²) in [4.78, 5) is 13.1. The van der Waals surface area contributed by atoms with E-state index in [1.54, 1.807) is 0 Å². The van der Waals surface area contributed by atoms with Crippen molar-refractivity contribution in [3.8, 4) is 0 Å². The summed E-state index contributed by atoms with van der Waals surface area (Å²) in [6, 6.07) is 0. The summed E-state index contributed by atoms with van der Waals surface area (Å²) in [5.74, 6) is -0.393. The van der Waals surface area contributed by atoms with Crippen LogP contribution in [0.3, 0.4) is 0 Å². The van der Waals surface area contributed by atoms with Crippen molar-refractivity contribution in [3.63, 3.8) is 0 Å². The number of aliphatic hydroxyl groups is 7. The zero-order chi connectivity index (χ0) is 58.6. The van der Waals surface area contributed by atoms with Crippen LogP contribution in [0.25, 0.3) is 0 Å². The Morgan fingerprint density at radius 2 is 0.765 bits per heavy atom. The SMILES string of the molecule is CC/C=C\C/C=C\C/C=C\C/C=C\C/C=C\C/C=C\CCCCCCCOCC(COC1OC(COC2OC(CO)C(O)C(O)C2O)C(O)C(O)C1O)OC(=O)CCCCCCCCCCCC/C=C\C/C=C\C/C=C\C/C=C\CC. The van der Waals surface area contributed by atoms with E-state index in [0.717, 1.165) is 128 Å². The molecule has 0 radical (unpaired) electrons. The Hall–Kier alpha value is -3.61. The number of aliphatic hydroxyl groups excluding tert-OH is 7. The topological polar surface area (TPSA) is 214 Å². The number of unbranched alkanes of at least 4 members (excludes halogenated alkanes) is 15. The Balaban J connectivity index is 1.71. The molecule has 2 saturated heterocycles. The largest absolute Gasteiger partial charge is 0.457 e. The van der Waals surface area contributed by atoms with Gasteiger partial charge in [-0.15, -0.1) is 0 Å². The molecule has 2 rings (SSSR count). The molecule has 11 atom stereocenters. The van der Waals surface area contributed by atoms with E-state index >= 15 is 0 Å². The third kappa shape index (κ3) is 38.1. The molecule has 2 fully saturated rings. The van der Waals surface area contributed by atoms with E-state index in [2.05, 4.69) is 135 Å². The maximum Gasteiger partial charge on any atom is 0.306 e. The van der Waals surface area contributed by atoms with Gasteiger partial charge in [0.15, 0.2) is 12.6 Å². The van der Waals surface area contributed by atoms with Gasteiger partial charge in [-0.25, -0.2) is 0 Å². The highest BCUT2D eigenvalue weighted by Crippen LogP contribution is 2.26. The van der Waals surface area contributed by atoms with Crippen molar-refractivity contribution in [3.05, 3.63) is 122 Å². The Morgan fingerprint density at radius 3 is 1.20 bits per heavy atom. The first-order chi connectivity index (χ1) is 39.6. The number of carbonyl (C=O) groups excluding carboxylic acids is 1. The van der Waals surface area contributed by atoms with E-state index in [0.29, 0.717) is 13.0 Å². The Kier molecular flexibility index (Phi) is 47.2. The van der Waals surface area contributed by atoms with Crippen molar-refractivity contribution in [2.24, 2.45) is 0 Å². The van der Waals surface area contributed by atoms with Gasteiger partial charge in [0.25, 0.3) is 0 Å². The normalized spacial score (nSPS) is 24.6. The van der Waals surface area contributed by atoms with Crippen LogP contribution in [0.15, 0.2) is 122 Å². The lowest BCUT2D eigenvalue weighted by Gasteiger charge is -2.42. The van der Waals surface area contributed by atoms with Gasteiger partial charge in [-0.3, -0.25) is 4.79 Å². The van der Waals surface area contributed by atoms with E-state index in [-0.39, 0.29) is 19.6 Å². The van der Waals surface area contributed by atoms with Crippen LogP contribution in [0.5, 0.6) is 0 Å². The van der Waals surface area contributed by atoms with Crippen molar-refractivity contribution in [1.29, 1.82) is 0 Å². The lowest BCUT2D eigenvalue weighted by molar-refractivity contribution is -0.332. The van der Waals surface area contributed by atoms with Gasteiger partial charge in [0, 0.05) is 13.0 Å². The molecule has 462 valence electrons. The molecule has 0 aromatic rings. The van der Waals surface area contributed by atoms with Crippen LogP contribution in [0.1, 0.15) is 194 Å². The van der Waals surface area contributed by atoms with E-state index in [1.807, 2.05) is 0 Å². The standard InChI is InChI=1S/C67H110O14/c1-3-5-7-9-11-13-15-17-19-21-23-25-27-29-31-33-35-37-39-41-43-45-47-49-51-76-53-56(54-77-66-65(75)63(73)61(71)58(81-66)55-78-67-64(74)62(72)60(70)57(52-68)80-67)79-59(69)50-48-46-44-42-40-38-36-34-32-30-28-26-24-22-20-18-16-14-12-10-8-6-4-2/h5-8,11-14,17-20,23-26,29,31,35,37,56-58,60-68,70-75H,3-4,9-10,15-16,21-22,27-28,30,32-34,36,38-55H2,1-2H3/b7-5-,8-6-,13-11-,14-12-,19-17-,20-18-,25-23-,26-24-,31-29-,37-35-. The van der Waals surface area contributed by atoms with Crippen LogP contribution < -0.4 is 0 Å². The van der Waals surface area contributed by atoms with Crippen LogP contribution in [0.2, 0.25) is 0 Å². The fraction of sp³-hybridized carbons (Fsp3) is 0.687. The molecule has 0 spiro atoms. The second-order valence-corrected chi connectivity index (χ2v) is 21.1. The van der Waals surface area contributed by atoms with E-state index in [4.69, 9.17) is 28.4 Å². The Labute approximate surface area is 488 Å². The van der Waals surface area contributed by atoms with Crippen molar-refractivity contribution in [1.82, 2.24) is 0 Å². The minimum Gasteiger partial charge on any atom is -0.457 e. The zero-order valence-electron chi connectivity index (χ0n) is 49.7. The van der Waals surface area contributed by atoms with Crippen LogP contribution in [0, 0.1) is 0 Å². The molecule has 14 heteroatoms. The van der Waals surface area contributed by atoms with Gasteiger partial charge in [-0.1, -0.05) is 206 Å². The summed E-state index contributed by atoms with van der Waals surface area (Å²) in [6.45, 7) is 3.40. The molecular weight excluding hydrogens is 1030 g/mol. The van der Waals surface area contributed by atoms with Gasteiger partial charge in [0.05, 0.1) is 26.4 Å². The molecule has 2 heterocycles. The number of hydrogen-bond acceptors (Lipinski definition) is 14. The predicted molar refractivity (Wildman–Crippen MR) is 325 cm³/mol. The first-order valence-electron chi connectivity index (χ1n) is 31.1. The smallest absolute Gasteiger partial charge is 0.306 e. The molecule has 2 aliphatic heterocycles. The van der Waals surface area contributed by atoms with Crippen molar-refractivity contribution < 1.29 is 69.0 Å². The molecule has 0 aliphatic carbocycles. The van der Waals surface area contributed by atoms with E-state index in [9.17, 15) is 40.5 Å². The Morgan fingerprint density at radius 1 is 0.407 bits per heavy atom. The summed E-state index contributed by atoms with van der Waals surface area (Å²) in [5.41, 5.74) is 0. The van der Waals surface area contributed by atoms with Gasteiger partial charge in [0.1, 0.15) is 54.9 Å². The summed E-state index contributed by atoms with van der Waals surface area (Å²) in [5, 5.41) is 72.5. The highest BCUT2D eigenvalue weighted by atomic mass is 16.7. The highest BCUT2D eigenvalue weighted by Gasteiger charge is 2.47. The van der Waals surface area contributed by atoms with Gasteiger partial charge in [0.2, 0.25) is 0 Å². The first kappa shape index (κ1) is 73.5. The molecule has 11 unspecified atom stereocenters. The maximum atomic E-state index is 13.1. The molecule has 81 heavy (non-hydrogen) atoms. The third-order valence-corrected chi connectivity index (χ3v) is 14.0. The molecule has 0 amide bonds. The van der Waals surface area contributed by atoms with E-state index in [1.165, 1.54) is 38.5 Å². The molecule has 7 N–H and O–H groups in total. The quantitative estimate of drug-likeness (QED) is 0.0172. The van der Waals surface area contributed by atoms with Crippen LogP contribution in [0.4, 0.5) is 0 Å². The second kappa shape index (κ2) is 52.0. The van der Waals surface area contributed by atoms with Crippen molar-refractivity contribution in [2.45, 2.75) is 261 Å². The number of allylic oxidation sites excluding steroid dienone is 20. The van der Waals surface area contributed by atoms with Gasteiger partial charge in [-0.2, -0.15) is 0 Å². The monoisotopic (exact) mass is 1140 g/mol. The van der Waals surface area contributed by atoms with Gasteiger partial charge in [-0.05, 0) is 103 Å². The van der Waals surface area contributed by atoms with Gasteiger partial charge >= 0.3 is 5.97 Å². The highest BCUT2D eigenvalue weighted by molar-refractivity contribution is 5.69. The molecular formula is C67H110O14. The molecule has 0 bridgehead atoms. The summed E-state index contributed by atoms with van der Waals surface area (Å²) in [6.07, 6.45) is 56.8. The summed E-state index contributed by atoms with van der Waals surface area (Å²) in [7, 11) is 0. The zero-order valence-corrected chi connectivity index (χ0v) is 49.7. The summed E-state index contributed by atoms with van der Waals surface area (Å²) >= 11 is 0. The average Bonchev–Trinajstić information content (AvgIpc) is 3.46. The minimum absolute atomic E-state index is 0.0382. The average molecular weight is 1140 g/mol. The maximum absolute atomic E-state index is 13.1. The summed E-state index contributed by atoms with van der Waals surface area (Å²) < 4.78 is 34.4.